The molecule has 0 aliphatic rings. The van der Waals surface area contributed by atoms with Crippen LogP contribution in [-0.2, 0) is 0 Å². The molecule has 0 fully saturated rings. The third-order valence-corrected chi connectivity index (χ3v) is 3.56. The molecule has 0 bridgehead atoms. The Bertz CT molecular complexity index is 949. The summed E-state index contributed by atoms with van der Waals surface area (Å²) < 4.78 is 0. The van der Waals surface area contributed by atoms with Crippen molar-refractivity contribution in [3.8, 4) is 0 Å². The van der Waals surface area contributed by atoms with Crippen LogP contribution in [0.5, 0.6) is 0 Å². The molecule has 4 aromatic rings. The molecule has 0 radical (unpaired) electrons. The minimum absolute atomic E-state index is 0.437. The molecule has 0 spiro atoms. The van der Waals surface area contributed by atoms with Gasteiger partial charge in [0.1, 0.15) is 0 Å². The van der Waals surface area contributed by atoms with E-state index in [1.165, 1.54) is 0 Å². The van der Waals surface area contributed by atoms with Gasteiger partial charge in [0, 0.05) is 34.9 Å². The fraction of sp³-hybridized carbons (Fsp3) is 0. The molecule has 1 aromatic carbocycles. The van der Waals surface area contributed by atoms with Gasteiger partial charge in [0.2, 0.25) is 0 Å². The Morgan fingerprint density at radius 2 is 1.95 bits per heavy atom. The zero-order valence-corrected chi connectivity index (χ0v) is 10.4. The second kappa shape index (κ2) is 4.03. The highest BCUT2D eigenvalue weighted by Gasteiger charge is 2.19. The summed E-state index contributed by atoms with van der Waals surface area (Å²) in [6.45, 7) is 0. The Balaban J connectivity index is 2.31. The van der Waals surface area contributed by atoms with Crippen LogP contribution in [0.25, 0.3) is 32.7 Å². The molecule has 3 N–H and O–H groups in total. The third kappa shape index (κ3) is 1.46. The predicted octanol–water partition coefficient (Wildman–Crippen LogP) is 0.944. The largest absolute Gasteiger partial charge is 0.489 e. The molecular weight excluding hydrogens is 253 g/mol. The number of nitrogens with zero attached hydrogens (tertiary/aromatic N) is 2. The first-order valence-corrected chi connectivity index (χ1v) is 6.25. The molecule has 0 saturated heterocycles. The molecule has 0 aliphatic carbocycles. The fourth-order valence-corrected chi connectivity index (χ4v) is 2.71. The molecule has 5 nitrogen and oxygen atoms in total. The van der Waals surface area contributed by atoms with E-state index in [-0.39, 0.29) is 0 Å². The summed E-state index contributed by atoms with van der Waals surface area (Å²) in [5.41, 5.74) is 3.07. The van der Waals surface area contributed by atoms with E-state index in [2.05, 4.69) is 15.0 Å². The average Bonchev–Trinajstić information content (AvgIpc) is 2.84. The highest BCUT2D eigenvalue weighted by molar-refractivity contribution is 6.62. The number of nitrogens with one attached hydrogen (secondary N) is 1. The molecule has 4 rings (SSSR count). The maximum Gasteiger partial charge on any atom is 0.489 e. The molecule has 0 unspecified atom stereocenters. The first-order valence-electron chi connectivity index (χ1n) is 6.25. The predicted molar refractivity (Wildman–Crippen MR) is 78.7 cm³/mol. The van der Waals surface area contributed by atoms with Crippen LogP contribution in [-0.4, -0.2) is 32.1 Å². The number of aromatic amines is 1. The molecule has 0 saturated carbocycles. The summed E-state index contributed by atoms with van der Waals surface area (Å²) >= 11 is 0. The lowest BCUT2D eigenvalue weighted by atomic mass is 9.77. The van der Waals surface area contributed by atoms with Crippen LogP contribution in [0.4, 0.5) is 0 Å². The van der Waals surface area contributed by atoms with Crippen LogP contribution in [0.2, 0.25) is 0 Å². The summed E-state index contributed by atoms with van der Waals surface area (Å²) in [6.07, 6.45) is 5.08. The van der Waals surface area contributed by atoms with E-state index < -0.39 is 7.12 Å². The molecule has 0 amide bonds. The van der Waals surface area contributed by atoms with Crippen molar-refractivity contribution in [3.05, 3.63) is 42.9 Å². The lowest BCUT2D eigenvalue weighted by Gasteiger charge is -2.06. The van der Waals surface area contributed by atoms with Gasteiger partial charge in [-0.3, -0.25) is 9.97 Å². The number of aromatic nitrogens is 3. The van der Waals surface area contributed by atoms with E-state index in [0.717, 1.165) is 32.7 Å². The van der Waals surface area contributed by atoms with E-state index in [1.807, 2.05) is 18.2 Å². The Hall–Kier alpha value is -2.44. The van der Waals surface area contributed by atoms with E-state index in [0.29, 0.717) is 5.46 Å². The van der Waals surface area contributed by atoms with Gasteiger partial charge in [0.05, 0.1) is 11.0 Å². The van der Waals surface area contributed by atoms with Crippen molar-refractivity contribution >= 4 is 45.3 Å². The van der Waals surface area contributed by atoms with Gasteiger partial charge in [0.25, 0.3) is 0 Å². The van der Waals surface area contributed by atoms with Gasteiger partial charge >= 0.3 is 7.12 Å². The molecule has 6 heteroatoms. The average molecular weight is 263 g/mol. The van der Waals surface area contributed by atoms with Crippen molar-refractivity contribution in [2.75, 3.05) is 0 Å². The SMILES string of the molecule is OB(O)c1cc2[nH]c3cccnc3c2c2ccncc12. The molecule has 0 aliphatic heterocycles. The van der Waals surface area contributed by atoms with E-state index in [4.69, 9.17) is 0 Å². The quantitative estimate of drug-likeness (QED) is 0.446. The lowest BCUT2D eigenvalue weighted by molar-refractivity contribution is 0.426. The maximum atomic E-state index is 9.55. The molecule has 96 valence electrons. The van der Waals surface area contributed by atoms with Crippen molar-refractivity contribution in [1.29, 1.82) is 0 Å². The van der Waals surface area contributed by atoms with Gasteiger partial charge in [-0.05, 0) is 35.1 Å². The Kier molecular flexibility index (Phi) is 2.30. The van der Waals surface area contributed by atoms with Gasteiger partial charge in [-0.15, -0.1) is 0 Å². The van der Waals surface area contributed by atoms with E-state index in [9.17, 15) is 10.0 Å². The zero-order valence-electron chi connectivity index (χ0n) is 10.4. The minimum Gasteiger partial charge on any atom is -0.423 e. The van der Waals surface area contributed by atoms with E-state index in [1.54, 1.807) is 24.7 Å². The van der Waals surface area contributed by atoms with E-state index >= 15 is 0 Å². The summed E-state index contributed by atoms with van der Waals surface area (Å²) in [7, 11) is -1.54. The lowest BCUT2D eigenvalue weighted by Crippen LogP contribution is -2.30. The van der Waals surface area contributed by atoms with Crippen LogP contribution in [0, 0.1) is 0 Å². The number of pyridine rings is 2. The van der Waals surface area contributed by atoms with Gasteiger partial charge in [-0.25, -0.2) is 0 Å². The number of hydrogen-bond acceptors (Lipinski definition) is 4. The highest BCUT2D eigenvalue weighted by atomic mass is 16.4. The van der Waals surface area contributed by atoms with Gasteiger partial charge in [-0.1, -0.05) is 0 Å². The minimum atomic E-state index is -1.54. The smallest absolute Gasteiger partial charge is 0.423 e. The molecule has 0 atom stereocenters. The molecule has 20 heavy (non-hydrogen) atoms. The van der Waals surface area contributed by atoms with Gasteiger partial charge in [-0.2, -0.15) is 0 Å². The van der Waals surface area contributed by atoms with Crippen LogP contribution < -0.4 is 5.46 Å². The maximum absolute atomic E-state index is 9.55. The first-order chi connectivity index (χ1) is 9.75. The summed E-state index contributed by atoms with van der Waals surface area (Å²) in [5.74, 6) is 0. The number of H-pyrrole nitrogens is 1. The second-order valence-corrected chi connectivity index (χ2v) is 4.71. The van der Waals surface area contributed by atoms with Gasteiger partial charge in [0.15, 0.2) is 0 Å². The highest BCUT2D eigenvalue weighted by Crippen LogP contribution is 2.29. The number of benzene rings is 1. The van der Waals surface area contributed by atoms with Crippen LogP contribution in [0.3, 0.4) is 0 Å². The summed E-state index contributed by atoms with van der Waals surface area (Å²) in [5, 5.41) is 21.7. The van der Waals surface area contributed by atoms with Crippen LogP contribution >= 0.6 is 0 Å². The standard InChI is InChI=1S/C14H10BN3O2/c19-15(20)10-6-12-13(8-3-5-16-7-9(8)10)14-11(18-12)2-1-4-17-14/h1-7,18-20H. The monoisotopic (exact) mass is 263 g/mol. The van der Waals surface area contributed by atoms with Crippen LogP contribution in [0.15, 0.2) is 42.9 Å². The normalized spacial score (nSPS) is 11.5. The topological polar surface area (TPSA) is 82.0 Å². The van der Waals surface area contributed by atoms with Crippen molar-refractivity contribution in [2.24, 2.45) is 0 Å². The third-order valence-electron chi connectivity index (χ3n) is 3.56. The Morgan fingerprint density at radius 1 is 1.05 bits per heavy atom. The number of rotatable bonds is 1. The van der Waals surface area contributed by atoms with Crippen molar-refractivity contribution in [2.45, 2.75) is 0 Å². The zero-order chi connectivity index (χ0) is 13.7. The second-order valence-electron chi connectivity index (χ2n) is 4.71. The van der Waals surface area contributed by atoms with Crippen molar-refractivity contribution in [3.63, 3.8) is 0 Å². The first kappa shape index (κ1) is 11.4. The van der Waals surface area contributed by atoms with Crippen molar-refractivity contribution in [1.82, 2.24) is 15.0 Å². The number of hydrogen-bond donors (Lipinski definition) is 3. The Morgan fingerprint density at radius 3 is 2.80 bits per heavy atom. The number of fused-ring (bicyclic) bond motifs is 5. The molecule has 3 aromatic heterocycles. The van der Waals surface area contributed by atoms with Gasteiger partial charge < -0.3 is 15.0 Å². The van der Waals surface area contributed by atoms with Crippen molar-refractivity contribution < 1.29 is 10.0 Å². The fourth-order valence-electron chi connectivity index (χ4n) is 2.71. The summed E-state index contributed by atoms with van der Waals surface area (Å²) in [4.78, 5) is 11.8. The molecule has 3 heterocycles. The molecular formula is C14H10BN3O2. The Labute approximate surface area is 114 Å². The summed E-state index contributed by atoms with van der Waals surface area (Å²) in [6, 6.07) is 7.42. The van der Waals surface area contributed by atoms with Crippen LogP contribution in [0.1, 0.15) is 0 Å².